The fourth-order valence-corrected chi connectivity index (χ4v) is 0.586. The van der Waals surface area contributed by atoms with E-state index >= 15 is 0 Å². The van der Waals surface area contributed by atoms with Crippen LogP contribution in [0.15, 0.2) is 0 Å². The number of guanidine groups is 1. The molecular formula is C4H9N3NaO4S-. The van der Waals surface area contributed by atoms with Gasteiger partial charge < -0.3 is 20.8 Å². The fraction of sp³-hybridized carbons (Fsp3) is 0.500. The van der Waals surface area contributed by atoms with Gasteiger partial charge in [-0.2, -0.15) is 0 Å². The van der Waals surface area contributed by atoms with Crippen LogP contribution in [0.25, 0.3) is 0 Å². The number of rotatable bonds is 3. The van der Waals surface area contributed by atoms with Crippen molar-refractivity contribution in [3.8, 4) is 0 Å². The molecule has 72 valence electrons. The molecule has 0 aromatic carbocycles. The molecule has 3 N–H and O–H groups in total. The van der Waals surface area contributed by atoms with E-state index in [1.807, 2.05) is 0 Å². The molecule has 0 fully saturated rings. The predicted octanol–water partition coefficient (Wildman–Crippen LogP) is -4.73. The topological polar surface area (TPSA) is 120 Å². The standard InChI is InChI=1S/C4H9N3O4S.Na.H/c1-7(4(5)6)2-3(8)11-12(9)10;;/h2H2,1H3,(H3,5,6)(H,9,10);;/q;+1;-1/p-1. The second-order valence-corrected chi connectivity index (χ2v) is 2.48. The van der Waals surface area contributed by atoms with Crippen molar-refractivity contribution >= 4 is 23.3 Å². The van der Waals surface area contributed by atoms with Crippen molar-refractivity contribution in [2.45, 2.75) is 0 Å². The Hall–Kier alpha value is -0.150. The monoisotopic (exact) mass is 218 g/mol. The summed E-state index contributed by atoms with van der Waals surface area (Å²) in [7, 11) is 1.36. The number of hydrogen-bond donors (Lipinski definition) is 2. The Balaban J connectivity index is -0.000000605. The van der Waals surface area contributed by atoms with Crippen molar-refractivity contribution in [1.82, 2.24) is 4.90 Å². The molecule has 9 heteroatoms. The van der Waals surface area contributed by atoms with Gasteiger partial charge in [0.15, 0.2) is 5.96 Å². The van der Waals surface area contributed by atoms with Crippen LogP contribution in [0.1, 0.15) is 1.43 Å². The number of nitrogens with zero attached hydrogens (tertiary/aromatic N) is 1. The first-order valence-electron chi connectivity index (χ1n) is 2.79. The minimum Gasteiger partial charge on any atom is -1.00 e. The van der Waals surface area contributed by atoms with Gasteiger partial charge in [-0.15, -0.1) is 0 Å². The van der Waals surface area contributed by atoms with Gasteiger partial charge in [0.2, 0.25) is 0 Å². The molecule has 7 nitrogen and oxygen atoms in total. The van der Waals surface area contributed by atoms with Gasteiger partial charge in [-0.25, -0.2) is 9.00 Å². The number of nitrogens with one attached hydrogen (secondary N) is 1. The van der Waals surface area contributed by atoms with Crippen molar-refractivity contribution in [1.29, 1.82) is 5.41 Å². The molecule has 0 aliphatic carbocycles. The van der Waals surface area contributed by atoms with Gasteiger partial charge >= 0.3 is 35.5 Å². The molecule has 0 bridgehead atoms. The van der Waals surface area contributed by atoms with Crippen LogP contribution in [0.2, 0.25) is 0 Å². The molecule has 1 unspecified atom stereocenters. The molecule has 0 radical (unpaired) electrons. The quantitative estimate of drug-likeness (QED) is 0.212. The summed E-state index contributed by atoms with van der Waals surface area (Å²) in [6, 6.07) is 0. The first-order chi connectivity index (χ1) is 5.43. The Morgan fingerprint density at radius 1 is 1.85 bits per heavy atom. The molecular weight excluding hydrogens is 209 g/mol. The average molecular weight is 218 g/mol. The van der Waals surface area contributed by atoms with Crippen LogP contribution < -0.4 is 35.3 Å². The van der Waals surface area contributed by atoms with E-state index < -0.39 is 17.3 Å². The second-order valence-electron chi connectivity index (χ2n) is 1.90. The van der Waals surface area contributed by atoms with E-state index in [0.29, 0.717) is 0 Å². The Bertz CT molecular complexity index is 229. The van der Waals surface area contributed by atoms with Gasteiger partial charge in [0.05, 0.1) is 0 Å². The van der Waals surface area contributed by atoms with Gasteiger partial charge in [-0.3, -0.25) is 5.41 Å². The summed E-state index contributed by atoms with van der Waals surface area (Å²) in [5.74, 6) is -1.33. The number of carbonyl (C=O) groups is 1. The van der Waals surface area contributed by atoms with E-state index in [9.17, 15) is 13.6 Å². The van der Waals surface area contributed by atoms with E-state index in [2.05, 4.69) is 4.18 Å². The normalized spacial score (nSPS) is 10.9. The number of hydrogen-bond acceptors (Lipinski definition) is 5. The van der Waals surface area contributed by atoms with E-state index in [4.69, 9.17) is 11.1 Å². The number of nitrogens with two attached hydrogens (primary N) is 1. The van der Waals surface area contributed by atoms with Crippen molar-refractivity contribution in [3.05, 3.63) is 0 Å². The molecule has 0 aromatic heterocycles. The van der Waals surface area contributed by atoms with Crippen LogP contribution in [0.5, 0.6) is 0 Å². The molecule has 13 heavy (non-hydrogen) atoms. The average Bonchev–Trinajstić information content (AvgIpc) is 1.84. The van der Waals surface area contributed by atoms with E-state index in [0.717, 1.165) is 4.90 Å². The molecule has 0 rings (SSSR count). The largest absolute Gasteiger partial charge is 1.00 e. The predicted molar refractivity (Wildman–Crippen MR) is 40.7 cm³/mol. The maximum atomic E-state index is 10.6. The van der Waals surface area contributed by atoms with Crippen molar-refractivity contribution < 1.29 is 48.7 Å². The molecule has 0 aliphatic heterocycles. The van der Waals surface area contributed by atoms with E-state index in [-0.39, 0.29) is 43.5 Å². The van der Waals surface area contributed by atoms with E-state index in [1.165, 1.54) is 7.05 Å². The molecule has 1 atom stereocenters. The van der Waals surface area contributed by atoms with Crippen LogP contribution in [0.4, 0.5) is 0 Å². The third-order valence-corrected chi connectivity index (χ3v) is 1.26. The van der Waals surface area contributed by atoms with Crippen molar-refractivity contribution in [2.75, 3.05) is 13.6 Å². The molecule has 0 saturated heterocycles. The van der Waals surface area contributed by atoms with Gasteiger partial charge in [0.1, 0.15) is 17.9 Å². The zero-order valence-electron chi connectivity index (χ0n) is 8.27. The van der Waals surface area contributed by atoms with Crippen LogP contribution in [0, 0.1) is 5.41 Å². The Morgan fingerprint density at radius 2 is 2.31 bits per heavy atom. The van der Waals surface area contributed by atoms with Crippen LogP contribution in [0.3, 0.4) is 0 Å². The zero-order chi connectivity index (χ0) is 9.72. The third kappa shape index (κ3) is 8.19. The van der Waals surface area contributed by atoms with Crippen molar-refractivity contribution in [2.24, 2.45) is 5.73 Å². The zero-order valence-corrected chi connectivity index (χ0v) is 10.1. The van der Waals surface area contributed by atoms with Crippen LogP contribution in [-0.4, -0.2) is 39.2 Å². The molecule has 0 saturated carbocycles. The minimum absolute atomic E-state index is 0. The van der Waals surface area contributed by atoms with E-state index in [1.54, 1.807) is 0 Å². The maximum absolute atomic E-state index is 10.6. The first-order valence-corrected chi connectivity index (χ1v) is 3.79. The molecule has 0 amide bonds. The molecule has 0 spiro atoms. The fourth-order valence-electron chi connectivity index (χ4n) is 0.381. The summed E-state index contributed by atoms with van der Waals surface area (Å²) in [5, 5.41) is 6.82. The number of carbonyl (C=O) groups excluding carboxylic acids is 1. The minimum atomic E-state index is -2.86. The van der Waals surface area contributed by atoms with Crippen LogP contribution in [-0.2, 0) is 20.3 Å². The van der Waals surface area contributed by atoms with Gasteiger partial charge in [0.25, 0.3) is 0 Å². The molecule has 0 heterocycles. The van der Waals surface area contributed by atoms with Gasteiger partial charge in [-0.05, 0) is 0 Å². The first kappa shape index (κ1) is 15.3. The third-order valence-electron chi connectivity index (χ3n) is 0.939. The summed E-state index contributed by atoms with van der Waals surface area (Å²) in [5.41, 5.74) is 4.96. The Morgan fingerprint density at radius 3 is 2.62 bits per heavy atom. The molecule has 0 aliphatic rings. The summed E-state index contributed by atoms with van der Waals surface area (Å²) in [4.78, 5) is 11.6. The summed E-state index contributed by atoms with van der Waals surface area (Å²) in [6.45, 7) is -0.372. The van der Waals surface area contributed by atoms with Crippen LogP contribution >= 0.6 is 0 Å². The number of likely N-dealkylation sites (N-methyl/N-ethyl adjacent to an activating group) is 1. The summed E-state index contributed by atoms with van der Waals surface area (Å²) < 4.78 is 23.4. The Labute approximate surface area is 101 Å². The SMILES string of the molecule is CN(CC(=O)OS(=O)[O-])C(=N)N.[H-].[Na+]. The summed E-state index contributed by atoms with van der Waals surface area (Å²) in [6.07, 6.45) is 0. The Kier molecular flexibility index (Phi) is 8.57. The second kappa shape index (κ2) is 7.27. The van der Waals surface area contributed by atoms with Gasteiger partial charge in [0, 0.05) is 7.05 Å². The smallest absolute Gasteiger partial charge is 1.00 e. The van der Waals surface area contributed by atoms with Gasteiger partial charge in [-0.1, -0.05) is 0 Å². The summed E-state index contributed by atoms with van der Waals surface area (Å²) >= 11 is -2.86. The molecule has 0 aromatic rings. The van der Waals surface area contributed by atoms with Crippen molar-refractivity contribution in [3.63, 3.8) is 0 Å². The maximum Gasteiger partial charge on any atom is 1.00 e.